The van der Waals surface area contributed by atoms with E-state index < -0.39 is 71.3 Å². The van der Waals surface area contributed by atoms with Gasteiger partial charge >= 0.3 is 30.2 Å². The smallest absolute Gasteiger partial charge is 0.471 e. The van der Waals surface area contributed by atoms with Gasteiger partial charge < -0.3 is 24.2 Å². The number of hydrogen-bond donors (Lipinski definition) is 1. The van der Waals surface area contributed by atoms with Crippen LogP contribution in [0.4, 0.5) is 38.5 Å². The lowest BCUT2D eigenvalue weighted by Crippen LogP contribution is -2.49. The zero-order valence-corrected chi connectivity index (χ0v) is 29.6. The van der Waals surface area contributed by atoms with Crippen molar-refractivity contribution >= 4 is 35.4 Å². The summed E-state index contributed by atoms with van der Waals surface area (Å²) in [5.41, 5.74) is -3.07. The Morgan fingerprint density at radius 2 is 1.53 bits per heavy atom. The van der Waals surface area contributed by atoms with Crippen molar-refractivity contribution < 1.29 is 56.1 Å². The highest BCUT2D eigenvalue weighted by molar-refractivity contribution is 6.03. The molecule has 0 bridgehead atoms. The molecular formula is C36H45F4N3O8. The van der Waals surface area contributed by atoms with Gasteiger partial charge in [0.1, 0.15) is 35.8 Å². The first-order chi connectivity index (χ1) is 23.6. The number of ether oxygens (including phenoxy) is 3. The van der Waals surface area contributed by atoms with Crippen molar-refractivity contribution in [2.75, 3.05) is 29.4 Å². The Balaban J connectivity index is 1.82. The zero-order chi connectivity index (χ0) is 37.9. The monoisotopic (exact) mass is 723 g/mol. The Labute approximate surface area is 294 Å². The van der Waals surface area contributed by atoms with Crippen molar-refractivity contribution in [2.24, 2.45) is 5.92 Å². The molecule has 11 nitrogen and oxygen atoms in total. The number of anilines is 2. The van der Waals surface area contributed by atoms with E-state index in [-0.39, 0.29) is 48.2 Å². The summed E-state index contributed by atoms with van der Waals surface area (Å²) in [6, 6.07) is 8.29. The molecule has 15 heteroatoms. The first kappa shape index (κ1) is 39.2. The first-order valence-corrected chi connectivity index (χ1v) is 16.8. The number of nitrogens with zero attached hydrogens (tertiary/aromatic N) is 3. The van der Waals surface area contributed by atoms with E-state index in [2.05, 4.69) is 0 Å². The highest BCUT2D eigenvalue weighted by Crippen LogP contribution is 2.46. The minimum absolute atomic E-state index is 0.0878. The second-order valence-electron chi connectivity index (χ2n) is 14.8. The van der Waals surface area contributed by atoms with Gasteiger partial charge in [-0.25, -0.2) is 14.0 Å². The van der Waals surface area contributed by atoms with Crippen LogP contribution in [0.25, 0.3) is 0 Å². The summed E-state index contributed by atoms with van der Waals surface area (Å²) in [7, 11) is 0. The molecule has 1 aliphatic carbocycles. The molecule has 1 atom stereocenters. The maximum absolute atomic E-state index is 16.9. The standard InChI is InChI=1S/C36H45F4N3O8/c1-34(2,3)50-28(44)20-42(31(45)36(38,39)40)30-27(49-21-23-14-8-7-9-15-23)17-26-25(29(30)37)16-24(43(26)32(46)47)19-41(18-22-12-10-11-13-22)33(48)51-35(4,5)6/h7-9,14-15,17,22,24H,10-13,16,18-21H2,1-6H3,(H,46,47)/t24-/m1/s1. The molecule has 51 heavy (non-hydrogen) atoms. The SMILES string of the molecule is CC(C)(C)OC(=O)CN(C(=O)C(F)(F)F)c1c(OCc2ccccc2)cc2c(c1F)C[C@H](CN(CC1CCCC1)C(=O)OC(C)(C)C)N2C(=O)O. The molecule has 1 aliphatic heterocycles. The van der Waals surface area contributed by atoms with E-state index in [4.69, 9.17) is 14.2 Å². The van der Waals surface area contributed by atoms with Crippen LogP contribution >= 0.6 is 0 Å². The molecule has 2 aromatic carbocycles. The highest BCUT2D eigenvalue weighted by atomic mass is 19.4. The lowest BCUT2D eigenvalue weighted by Gasteiger charge is -2.33. The van der Waals surface area contributed by atoms with Gasteiger partial charge in [0.15, 0.2) is 5.82 Å². The highest BCUT2D eigenvalue weighted by Gasteiger charge is 2.48. The summed E-state index contributed by atoms with van der Waals surface area (Å²) in [4.78, 5) is 54.1. The second-order valence-corrected chi connectivity index (χ2v) is 14.8. The molecular weight excluding hydrogens is 678 g/mol. The molecule has 2 aromatic rings. The Bertz CT molecular complexity index is 1600. The second kappa shape index (κ2) is 15.4. The van der Waals surface area contributed by atoms with Gasteiger partial charge in [0.05, 0.1) is 11.7 Å². The predicted molar refractivity (Wildman–Crippen MR) is 179 cm³/mol. The number of halogens is 4. The van der Waals surface area contributed by atoms with E-state index in [9.17, 15) is 37.5 Å². The number of carbonyl (C=O) groups excluding carboxylic acids is 3. The molecule has 1 fully saturated rings. The Morgan fingerprint density at radius 3 is 2.08 bits per heavy atom. The first-order valence-electron chi connectivity index (χ1n) is 16.8. The van der Waals surface area contributed by atoms with Gasteiger partial charge in [-0.15, -0.1) is 0 Å². The van der Waals surface area contributed by atoms with E-state index >= 15 is 4.39 Å². The molecule has 3 amide bonds. The van der Waals surface area contributed by atoms with E-state index in [1.165, 1.54) is 25.7 Å². The number of fused-ring (bicyclic) bond motifs is 1. The summed E-state index contributed by atoms with van der Waals surface area (Å²) in [6.45, 7) is 7.88. The summed E-state index contributed by atoms with van der Waals surface area (Å²) in [6.07, 6.45) is -4.47. The van der Waals surface area contributed by atoms with E-state index in [1.54, 1.807) is 51.1 Å². The van der Waals surface area contributed by atoms with E-state index in [0.717, 1.165) is 36.6 Å². The van der Waals surface area contributed by atoms with Crippen molar-refractivity contribution in [1.82, 2.24) is 4.90 Å². The summed E-state index contributed by atoms with van der Waals surface area (Å²) in [5, 5.41) is 10.4. The fourth-order valence-electron chi connectivity index (χ4n) is 6.30. The third-order valence-electron chi connectivity index (χ3n) is 8.29. The molecule has 280 valence electrons. The number of alkyl halides is 3. The maximum Gasteiger partial charge on any atom is 0.471 e. The lowest BCUT2D eigenvalue weighted by molar-refractivity contribution is -0.171. The minimum Gasteiger partial charge on any atom is -0.487 e. The Kier molecular flexibility index (Phi) is 11.8. The molecule has 2 aliphatic rings. The quantitative estimate of drug-likeness (QED) is 0.198. The largest absolute Gasteiger partial charge is 0.487 e. The molecule has 0 spiro atoms. The summed E-state index contributed by atoms with van der Waals surface area (Å²) in [5.74, 6) is -5.67. The third-order valence-corrected chi connectivity index (χ3v) is 8.29. The van der Waals surface area contributed by atoms with Gasteiger partial charge in [0, 0.05) is 31.1 Å². The third kappa shape index (κ3) is 10.3. The number of hydrogen-bond acceptors (Lipinski definition) is 7. The molecule has 0 unspecified atom stereocenters. The zero-order valence-electron chi connectivity index (χ0n) is 29.6. The Morgan fingerprint density at radius 1 is 0.922 bits per heavy atom. The van der Waals surface area contributed by atoms with Crippen molar-refractivity contribution in [3.8, 4) is 5.75 Å². The average Bonchev–Trinajstić information content (AvgIpc) is 3.65. The van der Waals surface area contributed by atoms with Gasteiger partial charge in [-0.1, -0.05) is 43.2 Å². The summed E-state index contributed by atoms with van der Waals surface area (Å²) < 4.78 is 75.7. The van der Waals surface area contributed by atoms with Crippen molar-refractivity contribution in [1.29, 1.82) is 0 Å². The molecule has 4 rings (SSSR count). The number of carbonyl (C=O) groups is 4. The lowest BCUT2D eigenvalue weighted by atomic mass is 10.0. The van der Waals surface area contributed by atoms with Gasteiger partial charge in [0.2, 0.25) is 0 Å². The van der Waals surface area contributed by atoms with Gasteiger partial charge in [-0.3, -0.25) is 19.4 Å². The predicted octanol–water partition coefficient (Wildman–Crippen LogP) is 7.48. The summed E-state index contributed by atoms with van der Waals surface area (Å²) >= 11 is 0. The van der Waals surface area contributed by atoms with Crippen LogP contribution in [-0.2, 0) is 32.1 Å². The Hall–Kier alpha value is -4.56. The number of carboxylic acid groups (broad SMARTS) is 1. The van der Waals surface area contributed by atoms with E-state index in [1.807, 2.05) is 0 Å². The van der Waals surface area contributed by atoms with Crippen molar-refractivity contribution in [2.45, 2.75) is 104 Å². The van der Waals surface area contributed by atoms with Crippen LogP contribution < -0.4 is 14.5 Å². The maximum atomic E-state index is 16.9. The van der Waals surface area contributed by atoms with Crippen LogP contribution in [0.3, 0.4) is 0 Å². The van der Waals surface area contributed by atoms with Crippen LogP contribution in [0.1, 0.15) is 78.4 Å². The van der Waals surface area contributed by atoms with Crippen molar-refractivity contribution in [3.63, 3.8) is 0 Å². The van der Waals surface area contributed by atoms with Gasteiger partial charge in [-0.2, -0.15) is 13.2 Å². The van der Waals surface area contributed by atoms with Gasteiger partial charge in [0.25, 0.3) is 0 Å². The van der Waals surface area contributed by atoms with Gasteiger partial charge in [-0.05, 0) is 65.9 Å². The fraction of sp³-hybridized carbons (Fsp3) is 0.556. The topological polar surface area (TPSA) is 126 Å². The molecule has 0 aromatic heterocycles. The van der Waals surface area contributed by atoms with Crippen LogP contribution in [-0.4, -0.2) is 77.1 Å². The molecule has 1 heterocycles. The molecule has 1 N–H and O–H groups in total. The number of esters is 1. The number of rotatable bonds is 10. The van der Waals surface area contributed by atoms with Crippen LogP contribution in [0.15, 0.2) is 36.4 Å². The molecule has 0 radical (unpaired) electrons. The van der Waals surface area contributed by atoms with Crippen LogP contribution in [0, 0.1) is 11.7 Å². The number of benzene rings is 2. The van der Waals surface area contributed by atoms with Crippen LogP contribution in [0.2, 0.25) is 0 Å². The fourth-order valence-corrected chi connectivity index (χ4v) is 6.30. The molecule has 1 saturated carbocycles. The van der Waals surface area contributed by atoms with Crippen molar-refractivity contribution in [3.05, 3.63) is 53.3 Å². The molecule has 0 saturated heterocycles. The average molecular weight is 724 g/mol. The van der Waals surface area contributed by atoms with Crippen LogP contribution in [0.5, 0.6) is 5.75 Å². The number of amides is 3. The minimum atomic E-state index is -5.55. The van der Waals surface area contributed by atoms with E-state index in [0.29, 0.717) is 5.56 Å². The normalized spacial score (nSPS) is 16.4.